The molecule has 0 aliphatic carbocycles. The van der Waals surface area contributed by atoms with E-state index < -0.39 is 11.9 Å². The van der Waals surface area contributed by atoms with Crippen molar-refractivity contribution < 1.29 is 14.3 Å². The molecule has 0 aliphatic heterocycles. The first-order valence-electron chi connectivity index (χ1n) is 7.52. The Morgan fingerprint density at radius 2 is 1.92 bits per heavy atom. The molecule has 0 saturated carbocycles. The lowest BCUT2D eigenvalue weighted by Gasteiger charge is -2.08. The highest BCUT2D eigenvalue weighted by atomic mass is 16.5. The average molecular weight is 323 g/mol. The summed E-state index contributed by atoms with van der Waals surface area (Å²) in [5, 5.41) is 10.1. The number of ether oxygens (including phenoxy) is 1. The van der Waals surface area contributed by atoms with E-state index in [9.17, 15) is 9.59 Å². The molecule has 0 aliphatic rings. The highest BCUT2D eigenvalue weighted by Gasteiger charge is 2.16. The number of nitrogens with zero attached hydrogens (tertiary/aromatic N) is 1. The minimum Gasteiger partial charge on any atom is -0.451 e. The van der Waals surface area contributed by atoms with Crippen molar-refractivity contribution in [2.24, 2.45) is 0 Å². The molecule has 0 radical (unpaired) electrons. The topological polar surface area (TPSA) is 84.1 Å². The Kier molecular flexibility index (Phi) is 4.29. The van der Waals surface area contributed by atoms with Gasteiger partial charge in [-0.3, -0.25) is 9.89 Å². The van der Waals surface area contributed by atoms with Gasteiger partial charge in [-0.1, -0.05) is 24.3 Å². The Morgan fingerprint density at radius 1 is 1.12 bits per heavy atom. The maximum atomic E-state index is 12.1. The minimum atomic E-state index is -0.636. The molecule has 0 saturated heterocycles. The van der Waals surface area contributed by atoms with Crippen molar-refractivity contribution in [3.05, 3.63) is 59.3 Å². The summed E-state index contributed by atoms with van der Waals surface area (Å²) >= 11 is 0. The van der Waals surface area contributed by atoms with Gasteiger partial charge in [-0.25, -0.2) is 4.79 Å². The number of hydrogen-bond donors (Lipinski definition) is 2. The number of amides is 1. The molecule has 0 fully saturated rings. The number of aromatic nitrogens is 2. The Labute approximate surface area is 138 Å². The molecule has 24 heavy (non-hydrogen) atoms. The fraction of sp³-hybridized carbons (Fsp3) is 0.167. The monoisotopic (exact) mass is 323 g/mol. The van der Waals surface area contributed by atoms with Gasteiger partial charge in [0.25, 0.3) is 5.91 Å². The number of fused-ring (bicyclic) bond motifs is 1. The van der Waals surface area contributed by atoms with E-state index in [2.05, 4.69) is 15.5 Å². The van der Waals surface area contributed by atoms with Gasteiger partial charge in [0.2, 0.25) is 0 Å². The van der Waals surface area contributed by atoms with Crippen LogP contribution in [0.2, 0.25) is 0 Å². The average Bonchev–Trinajstić information content (AvgIpc) is 3.00. The third-order valence-electron chi connectivity index (χ3n) is 3.79. The van der Waals surface area contributed by atoms with Crippen LogP contribution in [-0.2, 0) is 9.53 Å². The van der Waals surface area contributed by atoms with Crippen molar-refractivity contribution in [3.63, 3.8) is 0 Å². The van der Waals surface area contributed by atoms with E-state index in [1.807, 2.05) is 44.2 Å². The van der Waals surface area contributed by atoms with E-state index in [4.69, 9.17) is 4.74 Å². The third kappa shape index (κ3) is 3.27. The molecule has 0 bridgehead atoms. The van der Waals surface area contributed by atoms with Crippen LogP contribution >= 0.6 is 0 Å². The van der Waals surface area contributed by atoms with Crippen LogP contribution in [0, 0.1) is 13.8 Å². The van der Waals surface area contributed by atoms with Crippen molar-refractivity contribution in [1.82, 2.24) is 10.2 Å². The number of para-hydroxylation sites is 1. The fourth-order valence-corrected chi connectivity index (χ4v) is 2.33. The number of nitrogens with one attached hydrogen (secondary N) is 2. The van der Waals surface area contributed by atoms with Gasteiger partial charge in [-0.05, 0) is 43.2 Å². The molecule has 0 atom stereocenters. The third-order valence-corrected chi connectivity index (χ3v) is 3.79. The van der Waals surface area contributed by atoms with E-state index in [1.165, 1.54) is 0 Å². The molecule has 0 unspecified atom stereocenters. The van der Waals surface area contributed by atoms with E-state index in [1.54, 1.807) is 12.1 Å². The highest BCUT2D eigenvalue weighted by molar-refractivity contribution is 6.03. The summed E-state index contributed by atoms with van der Waals surface area (Å²) in [5.74, 6) is -1.03. The molecular formula is C18H17N3O3. The van der Waals surface area contributed by atoms with Crippen LogP contribution in [-0.4, -0.2) is 28.7 Å². The minimum absolute atomic E-state index is 0.171. The smallest absolute Gasteiger partial charge is 0.359 e. The van der Waals surface area contributed by atoms with Crippen LogP contribution in [0.1, 0.15) is 21.6 Å². The van der Waals surface area contributed by atoms with Crippen LogP contribution < -0.4 is 5.32 Å². The van der Waals surface area contributed by atoms with Crippen molar-refractivity contribution >= 4 is 28.5 Å². The quantitative estimate of drug-likeness (QED) is 0.723. The summed E-state index contributed by atoms with van der Waals surface area (Å²) in [5.41, 5.74) is 3.80. The Bertz CT molecular complexity index is 915. The first-order chi connectivity index (χ1) is 11.5. The number of benzene rings is 2. The number of anilines is 1. The summed E-state index contributed by atoms with van der Waals surface area (Å²) in [7, 11) is 0. The summed E-state index contributed by atoms with van der Waals surface area (Å²) < 4.78 is 5.05. The zero-order chi connectivity index (χ0) is 17.1. The number of hydrogen-bond acceptors (Lipinski definition) is 4. The van der Waals surface area contributed by atoms with E-state index in [0.29, 0.717) is 11.1 Å². The Morgan fingerprint density at radius 3 is 2.71 bits per heavy atom. The number of carbonyl (C=O) groups excluding carboxylic acids is 2. The van der Waals surface area contributed by atoms with E-state index in [0.717, 1.165) is 16.6 Å². The van der Waals surface area contributed by atoms with Gasteiger partial charge in [0, 0.05) is 11.1 Å². The molecule has 2 aromatic carbocycles. The summed E-state index contributed by atoms with van der Waals surface area (Å²) in [6.45, 7) is 3.59. The van der Waals surface area contributed by atoms with Gasteiger partial charge in [0.15, 0.2) is 12.3 Å². The summed E-state index contributed by atoms with van der Waals surface area (Å²) in [6, 6.07) is 12.8. The molecular weight excluding hydrogens is 306 g/mol. The number of carbonyl (C=O) groups is 2. The normalized spacial score (nSPS) is 10.6. The summed E-state index contributed by atoms with van der Waals surface area (Å²) in [6.07, 6.45) is 0. The van der Waals surface area contributed by atoms with Crippen LogP contribution in [0.4, 0.5) is 5.69 Å². The van der Waals surface area contributed by atoms with Crippen molar-refractivity contribution in [2.45, 2.75) is 13.8 Å². The van der Waals surface area contributed by atoms with E-state index in [-0.39, 0.29) is 12.3 Å². The molecule has 3 rings (SSSR count). The SMILES string of the molecule is Cc1ccc(NC(=O)COC(=O)c2n[nH]c3ccccc23)cc1C. The Hall–Kier alpha value is -3.15. The predicted octanol–water partition coefficient (Wildman–Crippen LogP) is 2.98. The lowest BCUT2D eigenvalue weighted by atomic mass is 10.1. The van der Waals surface area contributed by atoms with Gasteiger partial charge >= 0.3 is 5.97 Å². The standard InChI is InChI=1S/C18H17N3O3/c1-11-7-8-13(9-12(11)2)19-16(22)10-24-18(23)17-14-5-3-4-6-15(14)20-21-17/h3-9H,10H2,1-2H3,(H,19,22)(H,20,21). The maximum absolute atomic E-state index is 12.1. The van der Waals surface area contributed by atoms with Gasteiger partial charge in [0.05, 0.1) is 5.52 Å². The lowest BCUT2D eigenvalue weighted by molar-refractivity contribution is -0.119. The first-order valence-corrected chi connectivity index (χ1v) is 7.52. The van der Waals surface area contributed by atoms with Gasteiger partial charge in [0.1, 0.15) is 0 Å². The Balaban J connectivity index is 1.61. The molecule has 1 amide bonds. The van der Waals surface area contributed by atoms with Crippen LogP contribution in [0.25, 0.3) is 10.9 Å². The molecule has 3 aromatic rings. The van der Waals surface area contributed by atoms with Gasteiger partial charge < -0.3 is 10.1 Å². The maximum Gasteiger partial charge on any atom is 0.359 e. The van der Waals surface area contributed by atoms with Crippen molar-refractivity contribution in [1.29, 1.82) is 0 Å². The largest absolute Gasteiger partial charge is 0.451 e. The summed E-state index contributed by atoms with van der Waals surface area (Å²) in [4.78, 5) is 24.0. The number of esters is 1. The van der Waals surface area contributed by atoms with Crippen LogP contribution in [0.5, 0.6) is 0 Å². The van der Waals surface area contributed by atoms with Crippen molar-refractivity contribution in [2.75, 3.05) is 11.9 Å². The number of rotatable bonds is 4. The molecule has 1 heterocycles. The molecule has 2 N–H and O–H groups in total. The number of aromatic amines is 1. The molecule has 6 heteroatoms. The molecule has 6 nitrogen and oxygen atoms in total. The second kappa shape index (κ2) is 6.54. The van der Waals surface area contributed by atoms with Crippen LogP contribution in [0.3, 0.4) is 0 Å². The van der Waals surface area contributed by atoms with Gasteiger partial charge in [-0.15, -0.1) is 0 Å². The van der Waals surface area contributed by atoms with Crippen LogP contribution in [0.15, 0.2) is 42.5 Å². The number of aryl methyl sites for hydroxylation is 2. The molecule has 1 aromatic heterocycles. The zero-order valence-corrected chi connectivity index (χ0v) is 13.4. The van der Waals surface area contributed by atoms with E-state index >= 15 is 0 Å². The van der Waals surface area contributed by atoms with Crippen molar-refractivity contribution in [3.8, 4) is 0 Å². The second-order valence-electron chi connectivity index (χ2n) is 5.54. The van der Waals surface area contributed by atoms with Gasteiger partial charge in [-0.2, -0.15) is 5.10 Å². The zero-order valence-electron chi connectivity index (χ0n) is 13.4. The second-order valence-corrected chi connectivity index (χ2v) is 5.54. The first kappa shape index (κ1) is 15.7. The molecule has 122 valence electrons. The predicted molar refractivity (Wildman–Crippen MR) is 90.9 cm³/mol. The number of H-pyrrole nitrogens is 1. The molecule has 0 spiro atoms. The fourth-order valence-electron chi connectivity index (χ4n) is 2.33. The highest BCUT2D eigenvalue weighted by Crippen LogP contribution is 2.16. The lowest BCUT2D eigenvalue weighted by Crippen LogP contribution is -2.21.